The van der Waals surface area contributed by atoms with E-state index in [1.54, 1.807) is 12.2 Å². The molecular weight excluding hydrogens is 208 g/mol. The lowest BCUT2D eigenvalue weighted by molar-refractivity contribution is 0.198. The molecule has 0 aromatic heterocycles. The molecule has 1 aromatic carbocycles. The average Bonchev–Trinajstić information content (AvgIpc) is 2.99. The molecule has 2 rings (SSSR count). The predicted octanol–water partition coefficient (Wildman–Crippen LogP) is 4.48. The molecular formula is C16H22O. The summed E-state index contributed by atoms with van der Waals surface area (Å²) < 4.78 is 4.94. The third kappa shape index (κ3) is 10.7. The third-order valence-electron chi connectivity index (χ3n) is 2.03. The molecule has 1 fully saturated rings. The summed E-state index contributed by atoms with van der Waals surface area (Å²) in [7, 11) is 0. The molecule has 1 aromatic rings. The second-order valence-electron chi connectivity index (χ2n) is 3.41. The lowest BCUT2D eigenvalue weighted by Crippen LogP contribution is -1.74. The van der Waals surface area contributed by atoms with Gasteiger partial charge in [0.2, 0.25) is 0 Å². The minimum atomic E-state index is 1.00. The molecule has 92 valence electrons. The van der Waals surface area contributed by atoms with Crippen molar-refractivity contribution in [1.29, 1.82) is 0 Å². The zero-order chi connectivity index (χ0) is 12.8. The fraction of sp³-hybridized carbons (Fsp3) is 0.250. The van der Waals surface area contributed by atoms with Crippen molar-refractivity contribution in [2.45, 2.75) is 12.8 Å². The van der Waals surface area contributed by atoms with Gasteiger partial charge in [0, 0.05) is 13.2 Å². The van der Waals surface area contributed by atoms with Gasteiger partial charge in [-0.25, -0.2) is 0 Å². The Labute approximate surface area is 105 Å². The molecule has 1 aliphatic rings. The monoisotopic (exact) mass is 230 g/mol. The highest BCUT2D eigenvalue weighted by molar-refractivity contribution is 5.45. The van der Waals surface area contributed by atoms with Crippen LogP contribution in [0.3, 0.4) is 0 Å². The Balaban J connectivity index is 0.000000246. The maximum Gasteiger partial charge on any atom is 0.0466 e. The number of rotatable bonds is 2. The van der Waals surface area contributed by atoms with Crippen LogP contribution in [-0.4, -0.2) is 13.2 Å². The van der Waals surface area contributed by atoms with E-state index in [4.69, 9.17) is 4.74 Å². The molecule has 0 saturated carbocycles. The van der Waals surface area contributed by atoms with Gasteiger partial charge in [-0.1, -0.05) is 68.3 Å². The van der Waals surface area contributed by atoms with Crippen LogP contribution in [0.2, 0.25) is 0 Å². The predicted molar refractivity (Wildman–Crippen MR) is 77.0 cm³/mol. The molecule has 0 N–H and O–H groups in total. The molecule has 0 radical (unpaired) electrons. The highest BCUT2D eigenvalue weighted by Gasteiger charge is 1.94. The van der Waals surface area contributed by atoms with Crippen LogP contribution in [0.5, 0.6) is 0 Å². The van der Waals surface area contributed by atoms with Crippen LogP contribution < -0.4 is 0 Å². The van der Waals surface area contributed by atoms with Gasteiger partial charge in [0.05, 0.1) is 0 Å². The molecule has 0 bridgehead atoms. The molecule has 0 unspecified atom stereocenters. The van der Waals surface area contributed by atoms with Gasteiger partial charge < -0.3 is 4.74 Å². The molecule has 1 heteroatoms. The van der Waals surface area contributed by atoms with Crippen LogP contribution in [0.15, 0.2) is 62.2 Å². The van der Waals surface area contributed by atoms with E-state index in [-0.39, 0.29) is 0 Å². The van der Waals surface area contributed by atoms with Crippen LogP contribution >= 0.6 is 0 Å². The normalized spacial score (nSPS) is 12.2. The molecule has 0 aliphatic carbocycles. The largest absolute Gasteiger partial charge is 0.381 e. The van der Waals surface area contributed by atoms with Crippen molar-refractivity contribution in [3.63, 3.8) is 0 Å². The number of ether oxygens (including phenoxy) is 1. The van der Waals surface area contributed by atoms with E-state index >= 15 is 0 Å². The van der Waals surface area contributed by atoms with E-state index in [1.807, 2.05) is 36.4 Å². The van der Waals surface area contributed by atoms with Gasteiger partial charge in [-0.05, 0) is 18.4 Å². The van der Waals surface area contributed by atoms with Crippen molar-refractivity contribution in [3.8, 4) is 0 Å². The highest BCUT2D eigenvalue weighted by Crippen LogP contribution is 1.98. The van der Waals surface area contributed by atoms with Crippen LogP contribution in [-0.2, 0) is 4.74 Å². The van der Waals surface area contributed by atoms with Gasteiger partial charge >= 0.3 is 0 Å². The first-order chi connectivity index (χ1) is 8.35. The second kappa shape index (κ2) is 12.5. The third-order valence-corrected chi connectivity index (χ3v) is 2.03. The SMILES string of the molecule is C1CCOC1.C=CC=C.C=Cc1ccccc1. The Morgan fingerprint density at radius 2 is 1.41 bits per heavy atom. The number of hydrogen-bond donors (Lipinski definition) is 0. The van der Waals surface area contributed by atoms with E-state index in [0.29, 0.717) is 0 Å². The summed E-state index contributed by atoms with van der Waals surface area (Å²) in [5.74, 6) is 0. The molecule has 0 atom stereocenters. The van der Waals surface area contributed by atoms with E-state index < -0.39 is 0 Å². The van der Waals surface area contributed by atoms with Crippen molar-refractivity contribution in [2.75, 3.05) is 13.2 Å². The first-order valence-corrected chi connectivity index (χ1v) is 5.83. The topological polar surface area (TPSA) is 9.23 Å². The number of benzene rings is 1. The van der Waals surface area contributed by atoms with Crippen LogP contribution in [0.1, 0.15) is 18.4 Å². The van der Waals surface area contributed by atoms with Crippen molar-refractivity contribution in [3.05, 3.63) is 67.8 Å². The highest BCUT2D eigenvalue weighted by atomic mass is 16.5. The summed E-state index contributed by atoms with van der Waals surface area (Å²) in [5, 5.41) is 0. The summed E-state index contributed by atoms with van der Waals surface area (Å²) in [4.78, 5) is 0. The van der Waals surface area contributed by atoms with E-state index in [1.165, 1.54) is 18.4 Å². The van der Waals surface area contributed by atoms with Crippen LogP contribution in [0.4, 0.5) is 0 Å². The fourth-order valence-corrected chi connectivity index (χ4v) is 1.10. The second-order valence-corrected chi connectivity index (χ2v) is 3.41. The summed E-state index contributed by atoms with van der Waals surface area (Å²) >= 11 is 0. The molecule has 17 heavy (non-hydrogen) atoms. The van der Waals surface area contributed by atoms with E-state index in [9.17, 15) is 0 Å². The first kappa shape index (κ1) is 15.4. The maximum atomic E-state index is 4.94. The van der Waals surface area contributed by atoms with Gasteiger partial charge in [-0.15, -0.1) is 0 Å². The maximum absolute atomic E-state index is 4.94. The minimum absolute atomic E-state index is 1.00. The lowest BCUT2D eigenvalue weighted by Gasteiger charge is -1.85. The molecule has 1 saturated heterocycles. The smallest absolute Gasteiger partial charge is 0.0466 e. The summed E-state index contributed by atoms with van der Waals surface area (Å²) in [6, 6.07) is 10.0. The molecule has 1 nitrogen and oxygen atoms in total. The van der Waals surface area contributed by atoms with E-state index in [0.717, 1.165) is 13.2 Å². The Morgan fingerprint density at radius 1 is 0.882 bits per heavy atom. The van der Waals surface area contributed by atoms with Gasteiger partial charge in [0.15, 0.2) is 0 Å². The number of hydrogen-bond acceptors (Lipinski definition) is 1. The average molecular weight is 230 g/mol. The van der Waals surface area contributed by atoms with Crippen molar-refractivity contribution >= 4 is 6.08 Å². The Bertz CT molecular complexity index is 283. The fourth-order valence-electron chi connectivity index (χ4n) is 1.10. The number of allylic oxidation sites excluding steroid dienone is 2. The first-order valence-electron chi connectivity index (χ1n) is 5.83. The van der Waals surface area contributed by atoms with Gasteiger partial charge in [0.25, 0.3) is 0 Å². The summed E-state index contributed by atoms with van der Waals surface area (Å²) in [5.41, 5.74) is 1.17. The standard InChI is InChI=1S/C8H8.C4H8O.C4H6/c1-2-8-6-4-3-5-7-8;1-2-4-5-3-1;1-3-4-2/h2-7H,1H2;1-4H2;3-4H,1-2H2. The van der Waals surface area contributed by atoms with Gasteiger partial charge in [-0.2, -0.15) is 0 Å². The van der Waals surface area contributed by atoms with Crippen molar-refractivity contribution in [1.82, 2.24) is 0 Å². The van der Waals surface area contributed by atoms with Crippen LogP contribution in [0, 0.1) is 0 Å². The van der Waals surface area contributed by atoms with Gasteiger partial charge in [-0.3, -0.25) is 0 Å². The van der Waals surface area contributed by atoms with E-state index in [2.05, 4.69) is 19.7 Å². The zero-order valence-corrected chi connectivity index (χ0v) is 10.5. The van der Waals surface area contributed by atoms with Crippen LogP contribution in [0.25, 0.3) is 6.08 Å². The minimum Gasteiger partial charge on any atom is -0.381 e. The molecule has 0 amide bonds. The van der Waals surface area contributed by atoms with Gasteiger partial charge in [0.1, 0.15) is 0 Å². The molecule has 1 heterocycles. The quantitative estimate of drug-likeness (QED) is 0.680. The Hall–Kier alpha value is -1.60. The molecule has 1 aliphatic heterocycles. The molecule has 0 spiro atoms. The van der Waals surface area contributed by atoms with Crippen molar-refractivity contribution < 1.29 is 4.74 Å². The Morgan fingerprint density at radius 3 is 1.65 bits per heavy atom. The Kier molecular flexibility index (Phi) is 11.3. The zero-order valence-electron chi connectivity index (χ0n) is 10.5. The summed E-state index contributed by atoms with van der Waals surface area (Å²) in [6.45, 7) is 12.4. The summed E-state index contributed by atoms with van der Waals surface area (Å²) in [6.07, 6.45) is 7.67. The van der Waals surface area contributed by atoms with Crippen molar-refractivity contribution in [2.24, 2.45) is 0 Å². The lowest BCUT2D eigenvalue weighted by atomic mass is 10.2.